The van der Waals surface area contributed by atoms with Gasteiger partial charge in [0.2, 0.25) is 0 Å². The molecule has 0 bridgehead atoms. The van der Waals surface area contributed by atoms with E-state index in [0.29, 0.717) is 5.76 Å². The molecular formula is C9H8N2O3. The third kappa shape index (κ3) is 1.52. The Hall–Kier alpha value is -2.04. The Morgan fingerprint density at radius 3 is 2.57 bits per heavy atom. The van der Waals surface area contributed by atoms with E-state index >= 15 is 0 Å². The van der Waals surface area contributed by atoms with Crippen molar-refractivity contribution in [2.75, 3.05) is 0 Å². The molecule has 2 N–H and O–H groups in total. The van der Waals surface area contributed by atoms with Crippen LogP contribution in [-0.2, 0) is 4.79 Å². The van der Waals surface area contributed by atoms with Gasteiger partial charge < -0.3 is 9.73 Å². The van der Waals surface area contributed by atoms with E-state index in [4.69, 9.17) is 4.42 Å². The van der Waals surface area contributed by atoms with E-state index in [0.717, 1.165) is 5.76 Å². The van der Waals surface area contributed by atoms with Crippen molar-refractivity contribution in [3.05, 3.63) is 29.4 Å². The zero-order chi connectivity index (χ0) is 10.1. The molecule has 0 spiro atoms. The highest BCUT2D eigenvalue weighted by Gasteiger charge is 2.22. The smallest absolute Gasteiger partial charge is 0.326 e. The van der Waals surface area contributed by atoms with Crippen LogP contribution in [0.15, 0.2) is 22.2 Å². The summed E-state index contributed by atoms with van der Waals surface area (Å²) >= 11 is 0. The second-order valence-electron chi connectivity index (χ2n) is 2.91. The second kappa shape index (κ2) is 3.02. The lowest BCUT2D eigenvalue weighted by Crippen LogP contribution is -2.22. The maximum absolute atomic E-state index is 11.1. The molecule has 0 saturated carbocycles. The predicted octanol–water partition coefficient (Wildman–Crippen LogP) is 0.768. The zero-order valence-corrected chi connectivity index (χ0v) is 7.46. The Morgan fingerprint density at radius 2 is 2.07 bits per heavy atom. The van der Waals surface area contributed by atoms with Crippen molar-refractivity contribution in [3.8, 4) is 0 Å². The van der Waals surface area contributed by atoms with E-state index in [1.165, 1.54) is 6.08 Å². The van der Waals surface area contributed by atoms with Crippen molar-refractivity contribution in [3.63, 3.8) is 0 Å². The number of rotatable bonds is 1. The van der Waals surface area contributed by atoms with Gasteiger partial charge in [-0.2, -0.15) is 0 Å². The number of urea groups is 1. The molecule has 2 heterocycles. The molecule has 1 aromatic heterocycles. The van der Waals surface area contributed by atoms with Gasteiger partial charge in [0.05, 0.1) is 0 Å². The fourth-order valence-corrected chi connectivity index (χ4v) is 1.16. The van der Waals surface area contributed by atoms with E-state index in [1.54, 1.807) is 19.1 Å². The lowest BCUT2D eigenvalue weighted by atomic mass is 10.3. The van der Waals surface area contributed by atoms with Crippen LogP contribution in [0, 0.1) is 6.92 Å². The summed E-state index contributed by atoms with van der Waals surface area (Å²) < 4.78 is 5.22. The molecule has 3 amide bonds. The van der Waals surface area contributed by atoms with Crippen LogP contribution in [0.3, 0.4) is 0 Å². The molecule has 72 valence electrons. The summed E-state index contributed by atoms with van der Waals surface area (Å²) in [5.74, 6) is 0.848. The van der Waals surface area contributed by atoms with Gasteiger partial charge in [0.15, 0.2) is 0 Å². The number of hydrogen-bond donors (Lipinski definition) is 2. The number of aryl methyl sites for hydroxylation is 1. The zero-order valence-electron chi connectivity index (χ0n) is 7.46. The topological polar surface area (TPSA) is 71.3 Å². The maximum atomic E-state index is 11.1. The van der Waals surface area contributed by atoms with Gasteiger partial charge in [0.25, 0.3) is 5.91 Å². The van der Waals surface area contributed by atoms with Gasteiger partial charge >= 0.3 is 6.03 Å². The fraction of sp³-hybridized carbons (Fsp3) is 0.111. The van der Waals surface area contributed by atoms with Crippen molar-refractivity contribution in [1.82, 2.24) is 10.6 Å². The number of furan rings is 1. The minimum Gasteiger partial charge on any atom is -0.462 e. The van der Waals surface area contributed by atoms with Crippen LogP contribution in [0.5, 0.6) is 0 Å². The molecule has 1 saturated heterocycles. The van der Waals surface area contributed by atoms with Crippen LogP contribution in [-0.4, -0.2) is 11.9 Å². The molecule has 1 aliphatic heterocycles. The molecule has 5 heteroatoms. The molecule has 0 aliphatic carbocycles. The van der Waals surface area contributed by atoms with Crippen molar-refractivity contribution >= 4 is 18.0 Å². The van der Waals surface area contributed by atoms with Gasteiger partial charge in [-0.15, -0.1) is 0 Å². The molecule has 0 radical (unpaired) electrons. The molecule has 14 heavy (non-hydrogen) atoms. The van der Waals surface area contributed by atoms with Crippen molar-refractivity contribution in [2.24, 2.45) is 0 Å². The second-order valence-corrected chi connectivity index (χ2v) is 2.91. The molecule has 5 nitrogen and oxygen atoms in total. The monoisotopic (exact) mass is 192 g/mol. The highest BCUT2D eigenvalue weighted by molar-refractivity contribution is 6.13. The number of amides is 3. The van der Waals surface area contributed by atoms with Gasteiger partial charge in [-0.3, -0.25) is 10.1 Å². The average molecular weight is 192 g/mol. The molecule has 1 aromatic rings. The van der Waals surface area contributed by atoms with Crippen LogP contribution in [0.25, 0.3) is 6.08 Å². The van der Waals surface area contributed by atoms with Gasteiger partial charge in [-0.05, 0) is 19.1 Å². The van der Waals surface area contributed by atoms with E-state index in [2.05, 4.69) is 10.6 Å². The van der Waals surface area contributed by atoms with E-state index in [1.807, 2.05) is 0 Å². The molecule has 1 aliphatic rings. The quantitative estimate of drug-likeness (QED) is 0.510. The lowest BCUT2D eigenvalue weighted by Gasteiger charge is -1.90. The number of carbonyl (C=O) groups is 2. The average Bonchev–Trinajstić information content (AvgIpc) is 2.61. The predicted molar refractivity (Wildman–Crippen MR) is 48.1 cm³/mol. The Balaban J connectivity index is 2.27. The van der Waals surface area contributed by atoms with Crippen molar-refractivity contribution in [1.29, 1.82) is 0 Å². The van der Waals surface area contributed by atoms with Crippen LogP contribution in [0.1, 0.15) is 11.5 Å². The fourth-order valence-electron chi connectivity index (χ4n) is 1.16. The largest absolute Gasteiger partial charge is 0.462 e. The molecule has 1 fully saturated rings. The first-order valence-corrected chi connectivity index (χ1v) is 4.05. The van der Waals surface area contributed by atoms with Gasteiger partial charge in [0.1, 0.15) is 17.2 Å². The molecule has 0 unspecified atom stereocenters. The summed E-state index contributed by atoms with van der Waals surface area (Å²) in [6.07, 6.45) is 1.48. The Labute approximate surface area is 79.8 Å². The van der Waals surface area contributed by atoms with Gasteiger partial charge in [0, 0.05) is 6.08 Å². The summed E-state index contributed by atoms with van der Waals surface area (Å²) in [5, 5.41) is 4.46. The van der Waals surface area contributed by atoms with Crippen molar-refractivity contribution in [2.45, 2.75) is 6.92 Å². The Bertz CT molecular complexity index is 431. The highest BCUT2D eigenvalue weighted by Crippen LogP contribution is 2.11. The Morgan fingerprint density at radius 1 is 1.29 bits per heavy atom. The normalized spacial score (nSPS) is 18.5. The Kier molecular flexibility index (Phi) is 1.85. The van der Waals surface area contributed by atoms with E-state index < -0.39 is 11.9 Å². The van der Waals surface area contributed by atoms with Gasteiger partial charge in [-0.25, -0.2) is 4.79 Å². The highest BCUT2D eigenvalue weighted by atomic mass is 16.3. The minimum absolute atomic E-state index is 0.198. The van der Waals surface area contributed by atoms with Crippen molar-refractivity contribution < 1.29 is 14.0 Å². The molecule has 0 atom stereocenters. The van der Waals surface area contributed by atoms with Crippen LogP contribution in [0.4, 0.5) is 4.79 Å². The van der Waals surface area contributed by atoms with Crippen LogP contribution < -0.4 is 10.6 Å². The number of hydrogen-bond acceptors (Lipinski definition) is 3. The first-order valence-electron chi connectivity index (χ1n) is 4.05. The summed E-state index contributed by atoms with van der Waals surface area (Å²) in [6, 6.07) is 2.99. The standard InChI is InChI=1S/C9H8N2O3/c1-5-2-3-6(14-5)4-7-8(12)11-9(13)10-7/h2-4H,1H3,(H2,10,11,12,13). The number of nitrogens with one attached hydrogen (secondary N) is 2. The van der Waals surface area contributed by atoms with E-state index in [-0.39, 0.29) is 5.70 Å². The summed E-state index contributed by atoms with van der Waals surface area (Å²) in [5.41, 5.74) is 0.198. The third-order valence-electron chi connectivity index (χ3n) is 1.77. The first-order chi connectivity index (χ1) is 6.65. The third-order valence-corrected chi connectivity index (χ3v) is 1.77. The summed E-state index contributed by atoms with van der Waals surface area (Å²) in [4.78, 5) is 21.8. The molecular weight excluding hydrogens is 184 g/mol. The number of imide groups is 1. The van der Waals surface area contributed by atoms with Gasteiger partial charge in [-0.1, -0.05) is 0 Å². The number of carbonyl (C=O) groups excluding carboxylic acids is 2. The SMILES string of the molecule is Cc1ccc(C=C2NC(=O)NC2=O)o1. The van der Waals surface area contributed by atoms with E-state index in [9.17, 15) is 9.59 Å². The minimum atomic E-state index is -0.510. The van der Waals surface area contributed by atoms with Crippen LogP contribution >= 0.6 is 0 Å². The molecule has 2 rings (SSSR count). The first kappa shape index (κ1) is 8.55. The molecule has 0 aromatic carbocycles. The summed E-state index contributed by atoms with van der Waals surface area (Å²) in [7, 11) is 0. The van der Waals surface area contributed by atoms with Crippen LogP contribution in [0.2, 0.25) is 0 Å². The maximum Gasteiger partial charge on any atom is 0.326 e. The lowest BCUT2D eigenvalue weighted by molar-refractivity contribution is -0.115. The summed E-state index contributed by atoms with van der Waals surface area (Å²) in [6.45, 7) is 1.80.